The normalized spacial score (nSPS) is 17.7. The molecule has 0 atom stereocenters. The van der Waals surface area contributed by atoms with E-state index < -0.39 is 5.41 Å². The van der Waals surface area contributed by atoms with Crippen molar-refractivity contribution in [1.82, 2.24) is 4.98 Å². The summed E-state index contributed by atoms with van der Waals surface area (Å²) < 4.78 is 4.98. The Labute approximate surface area is 87.5 Å². The van der Waals surface area contributed by atoms with Gasteiger partial charge in [-0.05, 0) is 11.6 Å². The lowest BCUT2D eigenvalue weighted by Crippen LogP contribution is -2.40. The highest BCUT2D eigenvalue weighted by Crippen LogP contribution is 2.41. The summed E-state index contributed by atoms with van der Waals surface area (Å²) in [6, 6.07) is 5.69. The van der Waals surface area contributed by atoms with Crippen LogP contribution in [0.1, 0.15) is 18.4 Å². The molecule has 1 aliphatic carbocycles. The van der Waals surface area contributed by atoms with E-state index in [9.17, 15) is 4.79 Å². The number of nitrogens with zero attached hydrogens (tertiary/aromatic N) is 2. The zero-order valence-electron chi connectivity index (χ0n) is 8.36. The Morgan fingerprint density at radius 2 is 2.33 bits per heavy atom. The summed E-state index contributed by atoms with van der Waals surface area (Å²) in [5, 5.41) is 9.11. The smallest absolute Gasteiger partial charge is 0.213 e. The topological polar surface area (TPSA) is 63.0 Å². The van der Waals surface area contributed by atoms with Crippen LogP contribution < -0.4 is 4.74 Å². The van der Waals surface area contributed by atoms with Crippen molar-refractivity contribution in [2.24, 2.45) is 0 Å². The van der Waals surface area contributed by atoms with Crippen LogP contribution in [0, 0.1) is 11.3 Å². The fourth-order valence-corrected chi connectivity index (χ4v) is 1.79. The molecule has 1 aliphatic rings. The van der Waals surface area contributed by atoms with Gasteiger partial charge in [-0.1, -0.05) is 0 Å². The van der Waals surface area contributed by atoms with Gasteiger partial charge in [-0.15, -0.1) is 0 Å². The maximum Gasteiger partial charge on any atom is 0.213 e. The second-order valence-electron chi connectivity index (χ2n) is 3.67. The van der Waals surface area contributed by atoms with Crippen molar-refractivity contribution >= 4 is 5.78 Å². The molecule has 0 unspecified atom stereocenters. The number of methoxy groups -OCH3 is 1. The number of Topliss-reactive ketones (excluding diaryl/α,β-unsaturated/α-hetero) is 1. The first-order chi connectivity index (χ1) is 7.20. The van der Waals surface area contributed by atoms with Crippen LogP contribution in [0.5, 0.6) is 5.88 Å². The van der Waals surface area contributed by atoms with E-state index >= 15 is 0 Å². The third-order valence-corrected chi connectivity index (χ3v) is 2.71. The zero-order valence-corrected chi connectivity index (χ0v) is 8.36. The van der Waals surface area contributed by atoms with E-state index in [-0.39, 0.29) is 5.78 Å². The molecular weight excluding hydrogens is 192 g/mol. The summed E-state index contributed by atoms with van der Waals surface area (Å²) in [5.41, 5.74) is 0.171. The van der Waals surface area contributed by atoms with Crippen LogP contribution in [0.15, 0.2) is 18.3 Å². The van der Waals surface area contributed by atoms with Crippen molar-refractivity contribution in [2.75, 3.05) is 7.11 Å². The van der Waals surface area contributed by atoms with Gasteiger partial charge >= 0.3 is 0 Å². The third kappa shape index (κ3) is 1.46. The molecule has 0 aromatic carbocycles. The molecule has 1 aromatic rings. The Morgan fingerprint density at radius 3 is 2.87 bits per heavy atom. The molecule has 1 fully saturated rings. The summed E-state index contributed by atoms with van der Waals surface area (Å²) in [4.78, 5) is 15.0. The van der Waals surface area contributed by atoms with Gasteiger partial charge in [-0.2, -0.15) is 5.26 Å². The third-order valence-electron chi connectivity index (χ3n) is 2.71. The average molecular weight is 202 g/mol. The van der Waals surface area contributed by atoms with E-state index in [2.05, 4.69) is 11.1 Å². The molecule has 0 bridgehead atoms. The largest absolute Gasteiger partial charge is 0.481 e. The predicted molar refractivity (Wildman–Crippen MR) is 52.3 cm³/mol. The molecule has 0 N–H and O–H groups in total. The number of aromatic nitrogens is 1. The lowest BCUT2D eigenvalue weighted by Gasteiger charge is -2.33. The summed E-state index contributed by atoms with van der Waals surface area (Å²) in [7, 11) is 1.52. The number of carbonyl (C=O) groups excluding carboxylic acids is 1. The first kappa shape index (κ1) is 9.66. The Morgan fingerprint density at radius 1 is 1.60 bits per heavy atom. The Bertz CT molecular complexity index is 440. The van der Waals surface area contributed by atoms with Crippen LogP contribution in [0.25, 0.3) is 0 Å². The van der Waals surface area contributed by atoms with Crippen LogP contribution >= 0.6 is 0 Å². The van der Waals surface area contributed by atoms with Crippen LogP contribution in [-0.2, 0) is 10.2 Å². The van der Waals surface area contributed by atoms with Crippen LogP contribution in [0.3, 0.4) is 0 Å². The molecule has 2 rings (SSSR count). The van der Waals surface area contributed by atoms with Gasteiger partial charge in [0.25, 0.3) is 0 Å². The molecule has 1 aromatic heterocycles. The van der Waals surface area contributed by atoms with Crippen molar-refractivity contribution in [2.45, 2.75) is 18.3 Å². The molecule has 15 heavy (non-hydrogen) atoms. The summed E-state index contributed by atoms with van der Waals surface area (Å²) in [6.45, 7) is 0. The minimum absolute atomic E-state index is 0.132. The second kappa shape index (κ2) is 3.35. The van der Waals surface area contributed by atoms with Crippen LogP contribution in [-0.4, -0.2) is 17.9 Å². The van der Waals surface area contributed by atoms with Gasteiger partial charge in [0.15, 0.2) is 0 Å². The minimum atomic E-state index is -0.646. The molecule has 76 valence electrons. The Kier molecular flexibility index (Phi) is 2.16. The number of ketones is 1. The maximum atomic E-state index is 11.0. The minimum Gasteiger partial charge on any atom is -0.481 e. The molecular formula is C11H10N2O2. The second-order valence-corrected chi connectivity index (χ2v) is 3.67. The fraction of sp³-hybridized carbons (Fsp3) is 0.364. The van der Waals surface area contributed by atoms with E-state index in [1.807, 2.05) is 0 Å². The van der Waals surface area contributed by atoms with Gasteiger partial charge in [0.05, 0.1) is 18.6 Å². The summed E-state index contributed by atoms with van der Waals surface area (Å²) in [6.07, 6.45) is 2.20. The summed E-state index contributed by atoms with van der Waals surface area (Å²) in [5.74, 6) is 0.605. The zero-order chi connectivity index (χ0) is 10.9. The SMILES string of the molecule is COc1cc(C2(C#N)CC(=O)C2)ccn1. The van der Waals surface area contributed by atoms with Crippen molar-refractivity contribution in [1.29, 1.82) is 5.26 Å². The standard InChI is InChI=1S/C11H10N2O2/c1-15-10-4-8(2-3-13-10)11(7-12)5-9(14)6-11/h2-4H,5-6H2,1H3. The number of ether oxygens (including phenoxy) is 1. The van der Waals surface area contributed by atoms with Gasteiger partial charge in [0.1, 0.15) is 5.78 Å². The molecule has 4 heteroatoms. The number of nitriles is 1. The molecule has 0 saturated heterocycles. The first-order valence-electron chi connectivity index (χ1n) is 4.64. The highest BCUT2D eigenvalue weighted by molar-refractivity contribution is 5.90. The molecule has 0 amide bonds. The first-order valence-corrected chi connectivity index (χ1v) is 4.64. The number of rotatable bonds is 2. The molecule has 4 nitrogen and oxygen atoms in total. The number of pyridine rings is 1. The van der Waals surface area contributed by atoms with E-state index in [1.165, 1.54) is 7.11 Å². The van der Waals surface area contributed by atoms with Gasteiger partial charge in [0, 0.05) is 25.1 Å². The lowest BCUT2D eigenvalue weighted by atomic mass is 9.65. The van der Waals surface area contributed by atoms with Gasteiger partial charge in [-0.3, -0.25) is 4.79 Å². The van der Waals surface area contributed by atoms with Crippen molar-refractivity contribution < 1.29 is 9.53 Å². The van der Waals surface area contributed by atoms with Crippen LogP contribution in [0.2, 0.25) is 0 Å². The lowest BCUT2D eigenvalue weighted by molar-refractivity contribution is -0.126. The molecule has 0 aliphatic heterocycles. The Balaban J connectivity index is 2.36. The highest BCUT2D eigenvalue weighted by Gasteiger charge is 2.45. The van der Waals surface area contributed by atoms with E-state index in [4.69, 9.17) is 10.00 Å². The van der Waals surface area contributed by atoms with E-state index in [0.29, 0.717) is 18.7 Å². The highest BCUT2D eigenvalue weighted by atomic mass is 16.5. The van der Waals surface area contributed by atoms with Crippen LogP contribution in [0.4, 0.5) is 0 Å². The summed E-state index contributed by atoms with van der Waals surface area (Å²) >= 11 is 0. The fourth-order valence-electron chi connectivity index (χ4n) is 1.79. The average Bonchev–Trinajstić information content (AvgIpc) is 2.24. The van der Waals surface area contributed by atoms with Crippen molar-refractivity contribution in [3.63, 3.8) is 0 Å². The van der Waals surface area contributed by atoms with Gasteiger partial charge in [0.2, 0.25) is 5.88 Å². The quantitative estimate of drug-likeness (QED) is 0.723. The Hall–Kier alpha value is -1.89. The number of hydrogen-bond acceptors (Lipinski definition) is 4. The number of carbonyl (C=O) groups is 1. The molecule has 0 spiro atoms. The maximum absolute atomic E-state index is 11.0. The molecule has 1 saturated carbocycles. The van der Waals surface area contributed by atoms with Crippen molar-refractivity contribution in [3.8, 4) is 11.9 Å². The van der Waals surface area contributed by atoms with Gasteiger partial charge in [-0.25, -0.2) is 4.98 Å². The monoisotopic (exact) mass is 202 g/mol. The van der Waals surface area contributed by atoms with E-state index in [0.717, 1.165) is 5.56 Å². The number of hydrogen-bond donors (Lipinski definition) is 0. The predicted octanol–water partition coefficient (Wildman–Crippen LogP) is 1.21. The molecule has 0 radical (unpaired) electrons. The van der Waals surface area contributed by atoms with E-state index in [1.54, 1.807) is 18.3 Å². The van der Waals surface area contributed by atoms with Crippen molar-refractivity contribution in [3.05, 3.63) is 23.9 Å². The van der Waals surface area contributed by atoms with Gasteiger partial charge < -0.3 is 4.74 Å². The molecule has 1 heterocycles.